The van der Waals surface area contributed by atoms with E-state index in [9.17, 15) is 10.1 Å². The molecule has 0 saturated heterocycles. The van der Waals surface area contributed by atoms with Gasteiger partial charge in [-0.1, -0.05) is 13.8 Å². The fourth-order valence-corrected chi connectivity index (χ4v) is 2.32. The molecule has 1 aromatic heterocycles. The third-order valence-electron chi connectivity index (χ3n) is 3.36. The van der Waals surface area contributed by atoms with Crippen molar-refractivity contribution in [1.29, 1.82) is 0 Å². The van der Waals surface area contributed by atoms with Gasteiger partial charge in [0.25, 0.3) is 0 Å². The molecule has 0 fully saturated rings. The van der Waals surface area contributed by atoms with E-state index in [1.807, 2.05) is 13.8 Å². The number of nitro groups is 1. The van der Waals surface area contributed by atoms with E-state index < -0.39 is 4.92 Å². The second-order valence-corrected chi connectivity index (χ2v) is 5.07. The highest BCUT2D eigenvalue weighted by atomic mass is 16.6. The van der Waals surface area contributed by atoms with Crippen LogP contribution in [0.5, 0.6) is 5.75 Å². The number of anilines is 1. The Kier molecular flexibility index (Phi) is 3.84. The fraction of sp³-hybridized carbons (Fsp3) is 0.357. The Hall–Kier alpha value is -2.57. The van der Waals surface area contributed by atoms with Crippen molar-refractivity contribution in [3.63, 3.8) is 0 Å². The smallest absolute Gasteiger partial charge is 0.311 e. The third kappa shape index (κ3) is 2.54. The number of nitro benzene ring substituents is 1. The van der Waals surface area contributed by atoms with Crippen molar-refractivity contribution in [2.45, 2.75) is 19.8 Å². The summed E-state index contributed by atoms with van der Waals surface area (Å²) in [6, 6.07) is 4.79. The fourth-order valence-electron chi connectivity index (χ4n) is 2.32. The summed E-state index contributed by atoms with van der Waals surface area (Å²) in [4.78, 5) is 10.7. The second kappa shape index (κ2) is 5.43. The summed E-state index contributed by atoms with van der Waals surface area (Å²) < 4.78 is 6.60. The summed E-state index contributed by atoms with van der Waals surface area (Å²) in [6.07, 6.45) is 0. The molecule has 0 unspecified atom stereocenters. The molecule has 21 heavy (non-hydrogen) atoms. The number of ether oxygens (including phenoxy) is 1. The first-order valence-corrected chi connectivity index (χ1v) is 6.52. The molecule has 0 bridgehead atoms. The number of aryl methyl sites for hydroxylation is 1. The second-order valence-electron chi connectivity index (χ2n) is 5.07. The number of benzene rings is 1. The van der Waals surface area contributed by atoms with Crippen molar-refractivity contribution in [3.05, 3.63) is 33.9 Å². The van der Waals surface area contributed by atoms with Crippen molar-refractivity contribution < 1.29 is 9.66 Å². The first-order chi connectivity index (χ1) is 9.86. The van der Waals surface area contributed by atoms with Gasteiger partial charge >= 0.3 is 5.69 Å². The number of hydrogen-bond acceptors (Lipinski definition) is 5. The molecule has 0 aliphatic carbocycles. The molecular weight excluding hydrogens is 272 g/mol. The summed E-state index contributed by atoms with van der Waals surface area (Å²) in [7, 11) is 3.16. The lowest BCUT2D eigenvalue weighted by Gasteiger charge is -2.08. The van der Waals surface area contributed by atoms with Crippen LogP contribution >= 0.6 is 0 Å². The van der Waals surface area contributed by atoms with Crippen LogP contribution in [0, 0.1) is 10.1 Å². The molecule has 0 radical (unpaired) electrons. The van der Waals surface area contributed by atoms with Crippen LogP contribution in [-0.4, -0.2) is 21.8 Å². The highest BCUT2D eigenvalue weighted by Gasteiger charge is 2.22. The van der Waals surface area contributed by atoms with E-state index in [-0.39, 0.29) is 17.4 Å². The van der Waals surface area contributed by atoms with E-state index in [2.05, 4.69) is 5.10 Å². The van der Waals surface area contributed by atoms with Gasteiger partial charge in [0, 0.05) is 24.2 Å². The molecule has 0 saturated carbocycles. The molecule has 0 amide bonds. The van der Waals surface area contributed by atoms with Crippen molar-refractivity contribution >= 4 is 11.5 Å². The molecule has 1 aromatic carbocycles. The van der Waals surface area contributed by atoms with Crippen LogP contribution in [0.15, 0.2) is 18.2 Å². The molecular formula is C14H18N4O3. The minimum Gasteiger partial charge on any atom is -0.490 e. The van der Waals surface area contributed by atoms with Crippen LogP contribution in [0.25, 0.3) is 11.3 Å². The Morgan fingerprint density at radius 3 is 2.62 bits per heavy atom. The van der Waals surface area contributed by atoms with Gasteiger partial charge in [-0.2, -0.15) is 5.10 Å². The number of nitrogens with two attached hydrogens (primary N) is 1. The van der Waals surface area contributed by atoms with Crippen LogP contribution in [0.3, 0.4) is 0 Å². The Balaban J connectivity index is 2.65. The maximum atomic E-state index is 11.1. The Labute approximate surface area is 122 Å². The lowest BCUT2D eigenvalue weighted by Crippen LogP contribution is -2.00. The van der Waals surface area contributed by atoms with Gasteiger partial charge in [0.1, 0.15) is 5.82 Å². The molecule has 0 atom stereocenters. The van der Waals surface area contributed by atoms with E-state index in [1.165, 1.54) is 13.2 Å². The minimum atomic E-state index is -0.469. The van der Waals surface area contributed by atoms with Crippen LogP contribution < -0.4 is 10.5 Å². The molecule has 0 aliphatic heterocycles. The van der Waals surface area contributed by atoms with Gasteiger partial charge in [0.2, 0.25) is 0 Å². The van der Waals surface area contributed by atoms with Gasteiger partial charge in [-0.05, 0) is 18.1 Å². The molecule has 1 heterocycles. The van der Waals surface area contributed by atoms with Gasteiger partial charge in [-0.3, -0.25) is 14.8 Å². The van der Waals surface area contributed by atoms with Gasteiger partial charge in [0.15, 0.2) is 5.75 Å². The van der Waals surface area contributed by atoms with Gasteiger partial charge in [-0.15, -0.1) is 0 Å². The number of nitrogens with zero attached hydrogens (tertiary/aromatic N) is 3. The van der Waals surface area contributed by atoms with Crippen LogP contribution in [-0.2, 0) is 7.05 Å². The van der Waals surface area contributed by atoms with E-state index in [4.69, 9.17) is 10.5 Å². The number of aromatic nitrogens is 2. The molecule has 7 heteroatoms. The number of nitrogen functional groups attached to an aromatic ring is 1. The Bertz CT molecular complexity index is 692. The third-order valence-corrected chi connectivity index (χ3v) is 3.36. The summed E-state index contributed by atoms with van der Waals surface area (Å²) in [5, 5.41) is 15.5. The molecule has 2 N–H and O–H groups in total. The molecule has 2 aromatic rings. The summed E-state index contributed by atoms with van der Waals surface area (Å²) in [6.45, 7) is 4.02. The van der Waals surface area contributed by atoms with E-state index in [0.29, 0.717) is 17.1 Å². The predicted octanol–water partition coefficient (Wildman–Crippen LogP) is 2.71. The molecule has 112 valence electrons. The van der Waals surface area contributed by atoms with E-state index >= 15 is 0 Å². The van der Waals surface area contributed by atoms with E-state index in [0.717, 1.165) is 5.56 Å². The monoisotopic (exact) mass is 290 g/mol. The Morgan fingerprint density at radius 1 is 1.43 bits per heavy atom. The van der Waals surface area contributed by atoms with Gasteiger partial charge in [-0.25, -0.2) is 0 Å². The first kappa shape index (κ1) is 14.8. The molecule has 0 spiro atoms. The summed E-state index contributed by atoms with van der Waals surface area (Å²) >= 11 is 0. The zero-order valence-corrected chi connectivity index (χ0v) is 12.5. The zero-order valence-electron chi connectivity index (χ0n) is 12.5. The molecule has 2 rings (SSSR count). The maximum absolute atomic E-state index is 11.1. The average molecular weight is 290 g/mol. The van der Waals surface area contributed by atoms with Crippen molar-refractivity contribution in [2.24, 2.45) is 7.05 Å². The van der Waals surface area contributed by atoms with Crippen molar-refractivity contribution in [3.8, 4) is 17.0 Å². The first-order valence-electron chi connectivity index (χ1n) is 6.52. The SMILES string of the molecule is COc1ccc(-c2nn(C)c(N)c2C(C)C)cc1[N+](=O)[O-]. The molecule has 0 aliphatic rings. The van der Waals surface area contributed by atoms with Crippen LogP contribution in [0.2, 0.25) is 0 Å². The average Bonchev–Trinajstić information content (AvgIpc) is 2.74. The van der Waals surface area contributed by atoms with Gasteiger partial charge in [0.05, 0.1) is 17.7 Å². The predicted molar refractivity (Wildman–Crippen MR) is 80.4 cm³/mol. The highest BCUT2D eigenvalue weighted by Crippen LogP contribution is 2.36. The van der Waals surface area contributed by atoms with Crippen LogP contribution in [0.1, 0.15) is 25.3 Å². The number of hydrogen-bond donors (Lipinski definition) is 1. The lowest BCUT2D eigenvalue weighted by molar-refractivity contribution is -0.385. The van der Waals surface area contributed by atoms with Crippen molar-refractivity contribution in [2.75, 3.05) is 12.8 Å². The summed E-state index contributed by atoms with van der Waals surface area (Å²) in [5.74, 6) is 0.951. The van der Waals surface area contributed by atoms with Crippen molar-refractivity contribution in [1.82, 2.24) is 9.78 Å². The largest absolute Gasteiger partial charge is 0.490 e. The number of rotatable bonds is 4. The van der Waals surface area contributed by atoms with Gasteiger partial charge < -0.3 is 10.5 Å². The maximum Gasteiger partial charge on any atom is 0.311 e. The van der Waals surface area contributed by atoms with Crippen LogP contribution in [0.4, 0.5) is 11.5 Å². The number of methoxy groups -OCH3 is 1. The van der Waals surface area contributed by atoms with E-state index in [1.54, 1.807) is 23.9 Å². The topological polar surface area (TPSA) is 96.2 Å². The normalized spacial score (nSPS) is 10.9. The standard InChI is InChI=1S/C14H18N4O3/c1-8(2)12-13(16-17(3)14(12)15)9-5-6-11(21-4)10(7-9)18(19)20/h5-8H,15H2,1-4H3. The highest BCUT2D eigenvalue weighted by molar-refractivity contribution is 5.72. The molecule has 7 nitrogen and oxygen atoms in total. The Morgan fingerprint density at radius 2 is 2.10 bits per heavy atom. The minimum absolute atomic E-state index is 0.0890. The lowest BCUT2D eigenvalue weighted by atomic mass is 9.98. The quantitative estimate of drug-likeness (QED) is 0.689. The summed E-state index contributed by atoms with van der Waals surface area (Å²) in [5.41, 5.74) is 8.15. The zero-order chi connectivity index (χ0) is 15.7.